The summed E-state index contributed by atoms with van der Waals surface area (Å²) in [6, 6.07) is 6.34. The molecule has 0 radical (unpaired) electrons. The molecule has 0 saturated carbocycles. The van der Waals surface area contributed by atoms with Gasteiger partial charge in [-0.1, -0.05) is 0 Å². The van der Waals surface area contributed by atoms with Crippen LogP contribution in [0.3, 0.4) is 0 Å². The van der Waals surface area contributed by atoms with Gasteiger partial charge in [0.05, 0.1) is 12.2 Å². The van der Waals surface area contributed by atoms with Crippen molar-refractivity contribution < 1.29 is 4.74 Å². The third-order valence-electron chi connectivity index (χ3n) is 5.47. The Morgan fingerprint density at radius 1 is 1.24 bits per heavy atom. The van der Waals surface area contributed by atoms with Crippen molar-refractivity contribution in [1.29, 1.82) is 0 Å². The van der Waals surface area contributed by atoms with Gasteiger partial charge in [-0.2, -0.15) is 0 Å². The fraction of sp³-hybridized carbons (Fsp3) is 0.444. The van der Waals surface area contributed by atoms with Crippen molar-refractivity contribution in [3.05, 3.63) is 36.9 Å². The molecule has 3 saturated heterocycles. The number of nitrogens with one attached hydrogen (secondary N) is 1. The minimum absolute atomic E-state index is 0.141. The fourth-order valence-electron chi connectivity index (χ4n) is 4.15. The fourth-order valence-corrected chi connectivity index (χ4v) is 4.15. The number of pyridine rings is 1. The van der Waals surface area contributed by atoms with Crippen LogP contribution in [0.1, 0.15) is 12.8 Å². The first-order valence-corrected chi connectivity index (χ1v) is 8.76. The molecule has 1 atom stereocenters. The van der Waals surface area contributed by atoms with Crippen molar-refractivity contribution in [3.63, 3.8) is 0 Å². The van der Waals surface area contributed by atoms with E-state index in [1.165, 1.54) is 25.9 Å². The van der Waals surface area contributed by atoms with Gasteiger partial charge in [-0.3, -0.25) is 15.2 Å². The normalized spacial score (nSPS) is 30.2. The third-order valence-corrected chi connectivity index (χ3v) is 5.47. The van der Waals surface area contributed by atoms with Crippen molar-refractivity contribution >= 4 is 11.8 Å². The number of rotatable bonds is 2. The molecule has 1 N–H and O–H groups in total. The van der Waals surface area contributed by atoms with Crippen molar-refractivity contribution in [2.75, 3.05) is 31.5 Å². The molecule has 2 aromatic heterocycles. The van der Waals surface area contributed by atoms with Gasteiger partial charge in [0, 0.05) is 36.5 Å². The molecule has 2 bridgehead atoms. The molecule has 0 aromatic carbocycles. The average Bonchev–Trinajstić information content (AvgIpc) is 3.05. The molecule has 7 nitrogen and oxygen atoms in total. The van der Waals surface area contributed by atoms with E-state index in [9.17, 15) is 0 Å². The number of aromatic nitrogens is 3. The zero-order valence-corrected chi connectivity index (χ0v) is 13.9. The van der Waals surface area contributed by atoms with Crippen molar-refractivity contribution in [2.24, 2.45) is 10.9 Å². The van der Waals surface area contributed by atoms with Gasteiger partial charge in [0.15, 0.2) is 0 Å². The molecular formula is C18H20N6O. The molecule has 2 aromatic rings. The Kier molecular flexibility index (Phi) is 3.41. The molecule has 4 aliphatic heterocycles. The first-order chi connectivity index (χ1) is 12.3. The second kappa shape index (κ2) is 5.77. The van der Waals surface area contributed by atoms with Gasteiger partial charge in [0.1, 0.15) is 17.7 Å². The third kappa shape index (κ3) is 2.64. The maximum absolute atomic E-state index is 6.30. The molecule has 7 heteroatoms. The van der Waals surface area contributed by atoms with Crippen molar-refractivity contribution in [3.8, 4) is 11.3 Å². The smallest absolute Gasteiger partial charge is 0.291 e. The van der Waals surface area contributed by atoms with E-state index in [0.29, 0.717) is 17.8 Å². The standard InChI is InChI=1S/C18H20N6O/c1-2-13(9-19-5-1)15-8-16(22-12-21-15)23-17-20-10-18(25-17)11-24-6-3-14(18)4-7-24/h1-2,5,8-9,12,14H,3-4,6-7,10-11H2,(H,20,21,22,23)/t18-/m0/s1. The van der Waals surface area contributed by atoms with Crippen LogP contribution in [0.4, 0.5) is 5.82 Å². The number of anilines is 1. The number of aliphatic imine (C=N–C) groups is 1. The number of piperidine rings is 3. The highest BCUT2D eigenvalue weighted by atomic mass is 16.5. The minimum atomic E-state index is -0.141. The lowest BCUT2D eigenvalue weighted by atomic mass is 9.75. The summed E-state index contributed by atoms with van der Waals surface area (Å²) in [5.41, 5.74) is 1.63. The molecule has 0 unspecified atom stereocenters. The number of nitrogens with zero attached hydrogens (tertiary/aromatic N) is 5. The molecule has 6 rings (SSSR count). The molecule has 3 fully saturated rings. The summed E-state index contributed by atoms with van der Waals surface area (Å²) in [5.74, 6) is 1.29. The highest BCUT2D eigenvalue weighted by molar-refractivity contribution is 5.90. The summed E-state index contributed by atoms with van der Waals surface area (Å²) in [5, 5.41) is 3.22. The molecule has 0 amide bonds. The van der Waals surface area contributed by atoms with Crippen LogP contribution in [0.25, 0.3) is 11.3 Å². The maximum Gasteiger partial charge on any atom is 0.291 e. The van der Waals surface area contributed by atoms with E-state index in [2.05, 4.69) is 30.2 Å². The van der Waals surface area contributed by atoms with E-state index in [-0.39, 0.29) is 5.60 Å². The zero-order chi connectivity index (χ0) is 16.7. The van der Waals surface area contributed by atoms with E-state index in [0.717, 1.165) is 24.3 Å². The van der Waals surface area contributed by atoms with Crippen molar-refractivity contribution in [1.82, 2.24) is 19.9 Å². The van der Waals surface area contributed by atoms with Gasteiger partial charge in [-0.05, 0) is 38.1 Å². The Hall–Kier alpha value is -2.54. The number of hydrogen-bond acceptors (Lipinski definition) is 7. The van der Waals surface area contributed by atoms with Crippen LogP contribution in [-0.4, -0.2) is 57.7 Å². The predicted octanol–water partition coefficient (Wildman–Crippen LogP) is 1.80. The Morgan fingerprint density at radius 2 is 2.16 bits per heavy atom. The van der Waals surface area contributed by atoms with Gasteiger partial charge in [-0.15, -0.1) is 0 Å². The monoisotopic (exact) mass is 336 g/mol. The van der Waals surface area contributed by atoms with Crippen LogP contribution in [0.15, 0.2) is 41.9 Å². The van der Waals surface area contributed by atoms with Crippen LogP contribution in [0.2, 0.25) is 0 Å². The predicted molar refractivity (Wildman–Crippen MR) is 94.2 cm³/mol. The van der Waals surface area contributed by atoms with Crippen LogP contribution in [0.5, 0.6) is 0 Å². The molecule has 6 heterocycles. The number of ether oxygens (including phenoxy) is 1. The highest BCUT2D eigenvalue weighted by Crippen LogP contribution is 2.40. The lowest BCUT2D eigenvalue weighted by Crippen LogP contribution is -2.61. The first-order valence-electron chi connectivity index (χ1n) is 8.76. The van der Waals surface area contributed by atoms with E-state index < -0.39 is 0 Å². The van der Waals surface area contributed by atoms with E-state index in [1.54, 1.807) is 18.7 Å². The van der Waals surface area contributed by atoms with E-state index in [1.807, 2.05) is 18.2 Å². The first kappa shape index (κ1) is 14.8. The highest BCUT2D eigenvalue weighted by Gasteiger charge is 2.51. The maximum atomic E-state index is 6.30. The second-order valence-corrected chi connectivity index (χ2v) is 6.99. The van der Waals surface area contributed by atoms with Gasteiger partial charge < -0.3 is 4.74 Å². The van der Waals surface area contributed by atoms with Crippen molar-refractivity contribution in [2.45, 2.75) is 18.4 Å². The van der Waals surface area contributed by atoms with Gasteiger partial charge in [-0.25, -0.2) is 15.0 Å². The number of fused-ring (bicyclic) bond motifs is 2. The quantitative estimate of drug-likeness (QED) is 0.901. The molecule has 128 valence electrons. The molecule has 25 heavy (non-hydrogen) atoms. The van der Waals surface area contributed by atoms with Crippen LogP contribution >= 0.6 is 0 Å². The lowest BCUT2D eigenvalue weighted by Gasteiger charge is -2.50. The van der Waals surface area contributed by atoms with Gasteiger partial charge in [0.25, 0.3) is 6.02 Å². The summed E-state index contributed by atoms with van der Waals surface area (Å²) in [4.78, 5) is 19.9. The average molecular weight is 336 g/mol. The SMILES string of the molecule is c1cncc(-c2cc(NC3=NC[C@@]4(CN5CCC4CC5)O3)ncn2)c1. The molecule has 4 aliphatic rings. The van der Waals surface area contributed by atoms with Gasteiger partial charge in [0.2, 0.25) is 0 Å². The lowest BCUT2D eigenvalue weighted by molar-refractivity contribution is -0.0829. The van der Waals surface area contributed by atoms with E-state index >= 15 is 0 Å². The molecule has 0 aliphatic carbocycles. The summed E-state index contributed by atoms with van der Waals surface area (Å²) in [7, 11) is 0. The van der Waals surface area contributed by atoms with Gasteiger partial charge >= 0.3 is 0 Å². The second-order valence-electron chi connectivity index (χ2n) is 6.99. The summed E-state index contributed by atoms with van der Waals surface area (Å²) in [6.07, 6.45) is 7.50. The van der Waals surface area contributed by atoms with Crippen LogP contribution in [-0.2, 0) is 4.74 Å². The summed E-state index contributed by atoms with van der Waals surface area (Å²) in [6.45, 7) is 4.10. The zero-order valence-electron chi connectivity index (χ0n) is 13.9. The van der Waals surface area contributed by atoms with E-state index in [4.69, 9.17) is 4.74 Å². The Morgan fingerprint density at radius 3 is 2.92 bits per heavy atom. The Balaban J connectivity index is 1.32. The number of amidine groups is 1. The summed E-state index contributed by atoms with van der Waals surface area (Å²) >= 11 is 0. The number of hydrogen-bond donors (Lipinski definition) is 1. The largest absolute Gasteiger partial charge is 0.455 e. The van der Waals surface area contributed by atoms with Crippen LogP contribution in [0, 0.1) is 5.92 Å². The topological polar surface area (TPSA) is 75.5 Å². The van der Waals surface area contributed by atoms with Crippen LogP contribution < -0.4 is 5.32 Å². The molecular weight excluding hydrogens is 316 g/mol. The summed E-state index contributed by atoms with van der Waals surface area (Å²) < 4.78 is 6.30. The molecule has 1 spiro atoms. The Bertz CT molecular complexity index is 802. The minimum Gasteiger partial charge on any atom is -0.455 e. The Labute approximate surface area is 146 Å².